The number of rotatable bonds is 14. The zero-order chi connectivity index (χ0) is 15.3. The number of likely N-dealkylation sites (N-methyl/N-ethyl adjacent to an activating group) is 1. The van der Waals surface area contributed by atoms with Crippen LogP contribution in [0.15, 0.2) is 0 Å². The third-order valence-corrected chi connectivity index (χ3v) is 4.46. The van der Waals surface area contributed by atoms with Crippen LogP contribution in [0.2, 0.25) is 0 Å². The van der Waals surface area contributed by atoms with Crippen LogP contribution in [0.4, 0.5) is 0 Å². The van der Waals surface area contributed by atoms with E-state index in [2.05, 4.69) is 39.9 Å². The Balaban J connectivity index is 4.01. The van der Waals surface area contributed by atoms with Crippen LogP contribution < -0.4 is 5.32 Å². The summed E-state index contributed by atoms with van der Waals surface area (Å²) in [6.45, 7) is 12.9. The van der Waals surface area contributed by atoms with Gasteiger partial charge in [-0.2, -0.15) is 0 Å². The van der Waals surface area contributed by atoms with E-state index in [-0.39, 0.29) is 5.60 Å². The van der Waals surface area contributed by atoms with Crippen LogP contribution in [0.3, 0.4) is 0 Å². The molecule has 0 heterocycles. The molecule has 0 amide bonds. The van der Waals surface area contributed by atoms with Crippen LogP contribution in [0.25, 0.3) is 0 Å². The molecule has 2 unspecified atom stereocenters. The molecule has 0 saturated heterocycles. The highest BCUT2D eigenvalue weighted by molar-refractivity contribution is 4.88. The van der Waals surface area contributed by atoms with E-state index in [0.29, 0.717) is 6.04 Å². The highest BCUT2D eigenvalue weighted by Gasteiger charge is 2.31. The minimum Gasteiger partial charge on any atom is -0.374 e. The van der Waals surface area contributed by atoms with Crippen molar-refractivity contribution in [3.8, 4) is 0 Å². The fourth-order valence-corrected chi connectivity index (χ4v) is 2.95. The van der Waals surface area contributed by atoms with Crippen molar-refractivity contribution in [2.24, 2.45) is 0 Å². The SMILES string of the molecule is CCCCCCCCCC(NCC)C(C)(CC)OCC. The molecule has 0 aliphatic carbocycles. The third kappa shape index (κ3) is 8.26. The largest absolute Gasteiger partial charge is 0.374 e. The predicted octanol–water partition coefficient (Wildman–Crippen LogP) is 5.31. The molecule has 2 heteroatoms. The van der Waals surface area contributed by atoms with Gasteiger partial charge in [-0.05, 0) is 33.2 Å². The molecule has 0 aromatic rings. The van der Waals surface area contributed by atoms with Gasteiger partial charge < -0.3 is 10.1 Å². The molecule has 0 fully saturated rings. The Hall–Kier alpha value is -0.0800. The van der Waals surface area contributed by atoms with Crippen molar-refractivity contribution in [1.29, 1.82) is 0 Å². The van der Waals surface area contributed by atoms with Crippen LogP contribution in [0.1, 0.15) is 92.4 Å². The topological polar surface area (TPSA) is 21.3 Å². The Kier molecular flexibility index (Phi) is 12.6. The van der Waals surface area contributed by atoms with E-state index in [9.17, 15) is 0 Å². The summed E-state index contributed by atoms with van der Waals surface area (Å²) in [7, 11) is 0. The molecule has 0 rings (SSSR count). The van der Waals surface area contributed by atoms with Gasteiger partial charge >= 0.3 is 0 Å². The van der Waals surface area contributed by atoms with Crippen molar-refractivity contribution in [2.45, 2.75) is 104 Å². The first kappa shape index (κ1) is 19.9. The summed E-state index contributed by atoms with van der Waals surface area (Å²) in [6, 6.07) is 0.494. The summed E-state index contributed by atoms with van der Waals surface area (Å²) in [5.41, 5.74) is -0.00697. The van der Waals surface area contributed by atoms with Crippen LogP contribution >= 0.6 is 0 Å². The van der Waals surface area contributed by atoms with Gasteiger partial charge in [0, 0.05) is 12.6 Å². The van der Waals surface area contributed by atoms with Crippen molar-refractivity contribution < 1.29 is 4.74 Å². The van der Waals surface area contributed by atoms with Crippen LogP contribution in [-0.4, -0.2) is 24.8 Å². The van der Waals surface area contributed by atoms with Gasteiger partial charge in [-0.1, -0.05) is 65.7 Å². The van der Waals surface area contributed by atoms with Gasteiger partial charge in [-0.25, -0.2) is 0 Å². The van der Waals surface area contributed by atoms with Crippen molar-refractivity contribution in [2.75, 3.05) is 13.2 Å². The zero-order valence-corrected chi connectivity index (χ0v) is 14.8. The molecule has 0 aromatic heterocycles. The number of ether oxygens (including phenoxy) is 1. The predicted molar refractivity (Wildman–Crippen MR) is 90.4 cm³/mol. The smallest absolute Gasteiger partial charge is 0.0803 e. The van der Waals surface area contributed by atoms with Gasteiger partial charge in [0.25, 0.3) is 0 Å². The molecule has 2 atom stereocenters. The maximum absolute atomic E-state index is 6.04. The molecule has 0 aliphatic rings. The third-order valence-electron chi connectivity index (χ3n) is 4.46. The van der Waals surface area contributed by atoms with Gasteiger partial charge in [-0.15, -0.1) is 0 Å². The van der Waals surface area contributed by atoms with Crippen LogP contribution in [-0.2, 0) is 4.74 Å². The molecular weight excluding hydrogens is 246 g/mol. The van der Waals surface area contributed by atoms with Crippen LogP contribution in [0.5, 0.6) is 0 Å². The first-order chi connectivity index (χ1) is 9.64. The lowest BCUT2D eigenvalue weighted by Crippen LogP contribution is -2.50. The Morgan fingerprint density at radius 3 is 2.00 bits per heavy atom. The molecule has 0 aliphatic heterocycles. The normalized spacial score (nSPS) is 16.1. The molecule has 0 bridgehead atoms. The molecule has 0 spiro atoms. The first-order valence-corrected chi connectivity index (χ1v) is 9.01. The lowest BCUT2D eigenvalue weighted by molar-refractivity contribution is -0.0571. The number of hydrogen-bond donors (Lipinski definition) is 1. The summed E-state index contributed by atoms with van der Waals surface area (Å²) in [5, 5.41) is 3.65. The summed E-state index contributed by atoms with van der Waals surface area (Å²) < 4.78 is 6.04. The molecule has 0 radical (unpaired) electrons. The minimum atomic E-state index is -0.00697. The average molecular weight is 286 g/mol. The molecule has 0 saturated carbocycles. The Labute approximate surface area is 128 Å². The van der Waals surface area contributed by atoms with E-state index in [1.807, 2.05) is 0 Å². The maximum Gasteiger partial charge on any atom is 0.0803 e. The molecule has 20 heavy (non-hydrogen) atoms. The molecule has 2 nitrogen and oxygen atoms in total. The van der Waals surface area contributed by atoms with E-state index in [4.69, 9.17) is 4.74 Å². The second-order valence-corrected chi connectivity index (χ2v) is 6.12. The first-order valence-electron chi connectivity index (χ1n) is 9.01. The van der Waals surface area contributed by atoms with Gasteiger partial charge in [0.15, 0.2) is 0 Å². The molecule has 122 valence electrons. The van der Waals surface area contributed by atoms with E-state index in [0.717, 1.165) is 19.6 Å². The van der Waals surface area contributed by atoms with Crippen molar-refractivity contribution in [3.05, 3.63) is 0 Å². The summed E-state index contributed by atoms with van der Waals surface area (Å²) in [6.07, 6.45) is 12.0. The second kappa shape index (κ2) is 12.6. The van der Waals surface area contributed by atoms with Crippen LogP contribution in [0, 0.1) is 0 Å². The monoisotopic (exact) mass is 285 g/mol. The highest BCUT2D eigenvalue weighted by Crippen LogP contribution is 2.24. The Morgan fingerprint density at radius 1 is 0.900 bits per heavy atom. The summed E-state index contributed by atoms with van der Waals surface area (Å²) >= 11 is 0. The molecule has 1 N–H and O–H groups in total. The maximum atomic E-state index is 6.04. The highest BCUT2D eigenvalue weighted by atomic mass is 16.5. The van der Waals surface area contributed by atoms with E-state index >= 15 is 0 Å². The fraction of sp³-hybridized carbons (Fsp3) is 1.00. The molecule has 0 aromatic carbocycles. The number of hydrogen-bond acceptors (Lipinski definition) is 2. The second-order valence-electron chi connectivity index (χ2n) is 6.12. The van der Waals surface area contributed by atoms with Gasteiger partial charge in [0.05, 0.1) is 5.60 Å². The van der Waals surface area contributed by atoms with Gasteiger partial charge in [0.2, 0.25) is 0 Å². The van der Waals surface area contributed by atoms with Crippen molar-refractivity contribution in [3.63, 3.8) is 0 Å². The zero-order valence-electron chi connectivity index (χ0n) is 14.8. The lowest BCUT2D eigenvalue weighted by atomic mass is 9.88. The van der Waals surface area contributed by atoms with Gasteiger partial charge in [-0.3, -0.25) is 0 Å². The number of unbranched alkanes of at least 4 members (excludes halogenated alkanes) is 6. The summed E-state index contributed by atoms with van der Waals surface area (Å²) in [4.78, 5) is 0. The minimum absolute atomic E-state index is 0.00697. The van der Waals surface area contributed by atoms with Gasteiger partial charge in [0.1, 0.15) is 0 Å². The number of nitrogens with one attached hydrogen (secondary N) is 1. The Morgan fingerprint density at radius 2 is 1.50 bits per heavy atom. The van der Waals surface area contributed by atoms with Crippen molar-refractivity contribution in [1.82, 2.24) is 5.32 Å². The quantitative estimate of drug-likeness (QED) is 0.437. The van der Waals surface area contributed by atoms with E-state index < -0.39 is 0 Å². The van der Waals surface area contributed by atoms with E-state index in [1.165, 1.54) is 51.4 Å². The Bertz CT molecular complexity index is 208. The molecular formula is C18H39NO. The lowest BCUT2D eigenvalue weighted by Gasteiger charge is -2.37. The average Bonchev–Trinajstić information content (AvgIpc) is 2.45. The van der Waals surface area contributed by atoms with Crippen molar-refractivity contribution >= 4 is 0 Å². The standard InChI is InChI=1S/C18H39NO/c1-6-10-11-12-13-14-15-16-17(19-8-3)18(5,7-2)20-9-4/h17,19H,6-16H2,1-5H3. The summed E-state index contributed by atoms with van der Waals surface area (Å²) in [5.74, 6) is 0. The van der Waals surface area contributed by atoms with E-state index in [1.54, 1.807) is 0 Å². The fourth-order valence-electron chi connectivity index (χ4n) is 2.95.